The molecule has 0 aliphatic rings. The molecule has 1 aromatic heterocycles. The number of anilines is 1. The third-order valence-electron chi connectivity index (χ3n) is 2.89. The van der Waals surface area contributed by atoms with Crippen LogP contribution >= 0.6 is 11.8 Å². The van der Waals surface area contributed by atoms with E-state index in [0.29, 0.717) is 5.69 Å². The van der Waals surface area contributed by atoms with Gasteiger partial charge in [-0.15, -0.1) is 10.2 Å². The molecule has 1 heterocycles. The number of thioether (sulfide) groups is 1. The molecule has 0 saturated carbocycles. The van der Waals surface area contributed by atoms with Crippen LogP contribution in [0.3, 0.4) is 0 Å². The van der Waals surface area contributed by atoms with E-state index in [9.17, 15) is 9.18 Å². The van der Waals surface area contributed by atoms with Crippen molar-refractivity contribution in [3.05, 3.63) is 35.9 Å². The van der Waals surface area contributed by atoms with Gasteiger partial charge < -0.3 is 9.88 Å². The summed E-state index contributed by atoms with van der Waals surface area (Å²) in [7, 11) is 0. The first kappa shape index (κ1) is 15.5. The molecule has 0 radical (unpaired) electrons. The van der Waals surface area contributed by atoms with Gasteiger partial charge in [-0.05, 0) is 31.2 Å². The zero-order valence-corrected chi connectivity index (χ0v) is 12.8. The van der Waals surface area contributed by atoms with Gasteiger partial charge in [-0.25, -0.2) is 4.39 Å². The van der Waals surface area contributed by atoms with Crippen molar-refractivity contribution in [3.8, 4) is 0 Å². The molecule has 0 unspecified atom stereocenters. The van der Waals surface area contributed by atoms with E-state index in [-0.39, 0.29) is 17.5 Å². The first-order valence-electron chi connectivity index (χ1n) is 6.74. The zero-order valence-electron chi connectivity index (χ0n) is 12.0. The highest BCUT2D eigenvalue weighted by Gasteiger charge is 2.12. The fraction of sp³-hybridized carbons (Fsp3) is 0.357. The molecule has 2 aromatic rings. The van der Waals surface area contributed by atoms with Crippen LogP contribution in [0.1, 0.15) is 19.7 Å². The van der Waals surface area contributed by atoms with Gasteiger partial charge in [0.05, 0.1) is 5.75 Å². The summed E-state index contributed by atoms with van der Waals surface area (Å²) in [5.74, 6) is 0.666. The maximum absolute atomic E-state index is 12.8. The molecule has 2 rings (SSSR count). The summed E-state index contributed by atoms with van der Waals surface area (Å²) < 4.78 is 14.8. The molecule has 5 nitrogen and oxygen atoms in total. The highest BCUT2D eigenvalue weighted by atomic mass is 32.2. The number of hydrogen-bond acceptors (Lipinski definition) is 4. The third kappa shape index (κ3) is 4.04. The Morgan fingerprint density at radius 2 is 2.00 bits per heavy atom. The number of benzene rings is 1. The molecule has 7 heteroatoms. The second-order valence-corrected chi connectivity index (χ2v) is 5.28. The summed E-state index contributed by atoms with van der Waals surface area (Å²) in [6.45, 7) is 4.81. The Kier molecular flexibility index (Phi) is 5.32. The molecule has 0 fully saturated rings. The second-order valence-electron chi connectivity index (χ2n) is 4.34. The topological polar surface area (TPSA) is 59.8 Å². The summed E-state index contributed by atoms with van der Waals surface area (Å²) >= 11 is 1.34. The Balaban J connectivity index is 1.92. The van der Waals surface area contributed by atoms with E-state index in [1.54, 1.807) is 0 Å². The lowest BCUT2D eigenvalue weighted by molar-refractivity contribution is -0.113. The van der Waals surface area contributed by atoms with E-state index >= 15 is 0 Å². The predicted octanol–water partition coefficient (Wildman–Crippen LogP) is 2.73. The highest BCUT2D eigenvalue weighted by molar-refractivity contribution is 7.99. The zero-order chi connectivity index (χ0) is 15.2. The van der Waals surface area contributed by atoms with Crippen molar-refractivity contribution in [1.82, 2.24) is 14.8 Å². The Labute approximate surface area is 127 Å². The molecule has 0 aliphatic carbocycles. The first-order valence-corrected chi connectivity index (χ1v) is 7.72. The van der Waals surface area contributed by atoms with Crippen LogP contribution in [-0.2, 0) is 17.8 Å². The van der Waals surface area contributed by atoms with E-state index in [4.69, 9.17) is 0 Å². The largest absolute Gasteiger partial charge is 0.325 e. The summed E-state index contributed by atoms with van der Waals surface area (Å²) in [6, 6.07) is 5.68. The predicted molar refractivity (Wildman–Crippen MR) is 80.8 cm³/mol. The van der Waals surface area contributed by atoms with Crippen molar-refractivity contribution in [2.75, 3.05) is 11.1 Å². The van der Waals surface area contributed by atoms with Gasteiger partial charge in [0.1, 0.15) is 11.6 Å². The normalized spacial score (nSPS) is 10.6. The number of aryl methyl sites for hydroxylation is 1. The van der Waals surface area contributed by atoms with Crippen LogP contribution in [0.25, 0.3) is 0 Å². The van der Waals surface area contributed by atoms with E-state index in [2.05, 4.69) is 15.5 Å². The van der Waals surface area contributed by atoms with Gasteiger partial charge in [-0.2, -0.15) is 0 Å². The average molecular weight is 308 g/mol. The van der Waals surface area contributed by atoms with Crippen LogP contribution in [0.4, 0.5) is 10.1 Å². The Hall–Kier alpha value is -1.89. The summed E-state index contributed by atoms with van der Waals surface area (Å²) in [5.41, 5.74) is 0.577. The number of carbonyl (C=O) groups excluding carboxylic acids is 1. The lowest BCUT2D eigenvalue weighted by Crippen LogP contribution is -2.14. The van der Waals surface area contributed by atoms with Crippen LogP contribution < -0.4 is 5.32 Å². The van der Waals surface area contributed by atoms with Crippen LogP contribution in [0.2, 0.25) is 0 Å². The van der Waals surface area contributed by atoms with Crippen molar-refractivity contribution in [1.29, 1.82) is 0 Å². The number of rotatable bonds is 6. The molecular weight excluding hydrogens is 291 g/mol. The number of halogens is 1. The molecule has 21 heavy (non-hydrogen) atoms. The lowest BCUT2D eigenvalue weighted by atomic mass is 10.3. The minimum absolute atomic E-state index is 0.157. The van der Waals surface area contributed by atoms with Crippen LogP contribution in [-0.4, -0.2) is 26.4 Å². The average Bonchev–Trinajstić information content (AvgIpc) is 2.89. The number of nitrogens with zero attached hydrogens (tertiary/aromatic N) is 3. The fourth-order valence-electron chi connectivity index (χ4n) is 1.87. The molecule has 0 spiro atoms. The van der Waals surface area contributed by atoms with Gasteiger partial charge in [0.25, 0.3) is 0 Å². The maximum Gasteiger partial charge on any atom is 0.234 e. The summed E-state index contributed by atoms with van der Waals surface area (Å²) in [4.78, 5) is 11.9. The molecular formula is C14H17FN4OS. The number of hydrogen-bond donors (Lipinski definition) is 1. The van der Waals surface area contributed by atoms with E-state index in [1.165, 1.54) is 36.0 Å². The number of nitrogens with one attached hydrogen (secondary N) is 1. The van der Waals surface area contributed by atoms with Gasteiger partial charge in [0, 0.05) is 18.7 Å². The van der Waals surface area contributed by atoms with E-state index < -0.39 is 0 Å². The highest BCUT2D eigenvalue weighted by Crippen LogP contribution is 2.18. The standard InChI is InChI=1S/C14H17FN4OS/c1-3-12-17-18-14(19(12)4-2)21-9-13(20)16-11-7-5-10(15)6-8-11/h5-8H,3-4,9H2,1-2H3,(H,16,20). The molecule has 1 aromatic carbocycles. The molecule has 0 aliphatic heterocycles. The molecule has 112 valence electrons. The Morgan fingerprint density at radius 3 is 2.62 bits per heavy atom. The lowest BCUT2D eigenvalue weighted by Gasteiger charge is -2.07. The minimum atomic E-state index is -0.328. The Morgan fingerprint density at radius 1 is 1.29 bits per heavy atom. The number of amides is 1. The van der Waals surface area contributed by atoms with Crippen LogP contribution in [0, 0.1) is 5.82 Å². The first-order chi connectivity index (χ1) is 10.1. The van der Waals surface area contributed by atoms with Crippen LogP contribution in [0.5, 0.6) is 0 Å². The second kappa shape index (κ2) is 7.21. The maximum atomic E-state index is 12.8. The van der Waals surface area contributed by atoms with E-state index in [1.807, 2.05) is 18.4 Å². The molecule has 0 saturated heterocycles. The van der Waals surface area contributed by atoms with Gasteiger partial charge in [-0.1, -0.05) is 18.7 Å². The summed E-state index contributed by atoms with van der Waals surface area (Å²) in [6.07, 6.45) is 0.809. The van der Waals surface area contributed by atoms with Crippen molar-refractivity contribution < 1.29 is 9.18 Å². The van der Waals surface area contributed by atoms with Gasteiger partial charge in [0.15, 0.2) is 5.16 Å². The number of aromatic nitrogens is 3. The molecule has 1 N–H and O–H groups in total. The molecule has 0 atom stereocenters. The number of carbonyl (C=O) groups is 1. The fourth-order valence-corrected chi connectivity index (χ4v) is 2.69. The molecule has 1 amide bonds. The van der Waals surface area contributed by atoms with Gasteiger partial charge in [-0.3, -0.25) is 4.79 Å². The minimum Gasteiger partial charge on any atom is -0.325 e. The van der Waals surface area contributed by atoms with Crippen molar-refractivity contribution in [3.63, 3.8) is 0 Å². The quantitative estimate of drug-likeness (QED) is 0.834. The SMILES string of the molecule is CCc1nnc(SCC(=O)Nc2ccc(F)cc2)n1CC. The van der Waals surface area contributed by atoms with Gasteiger partial charge >= 0.3 is 0 Å². The van der Waals surface area contributed by atoms with Crippen molar-refractivity contribution in [2.24, 2.45) is 0 Å². The summed E-state index contributed by atoms with van der Waals surface area (Å²) in [5, 5.41) is 11.6. The van der Waals surface area contributed by atoms with Crippen molar-refractivity contribution in [2.45, 2.75) is 32.0 Å². The monoisotopic (exact) mass is 308 g/mol. The van der Waals surface area contributed by atoms with Crippen molar-refractivity contribution >= 4 is 23.4 Å². The van der Waals surface area contributed by atoms with Gasteiger partial charge in [0.2, 0.25) is 5.91 Å². The van der Waals surface area contributed by atoms with Crippen LogP contribution in [0.15, 0.2) is 29.4 Å². The molecule has 0 bridgehead atoms. The third-order valence-corrected chi connectivity index (χ3v) is 3.85. The Bertz CT molecular complexity index is 612. The smallest absolute Gasteiger partial charge is 0.234 e. The van der Waals surface area contributed by atoms with E-state index in [0.717, 1.165) is 23.9 Å².